The molecule has 3 N–H and O–H groups in total. The zero-order chi connectivity index (χ0) is 15.0. The van der Waals surface area contributed by atoms with E-state index in [4.69, 9.17) is 15.7 Å². The number of oxime groups is 1. The van der Waals surface area contributed by atoms with Crippen LogP contribution in [0.1, 0.15) is 16.8 Å². The van der Waals surface area contributed by atoms with E-state index in [2.05, 4.69) is 10.1 Å². The van der Waals surface area contributed by atoms with Crippen molar-refractivity contribution >= 4 is 11.7 Å². The smallest absolute Gasteiger partial charge is 0.257 e. The molecule has 8 heteroatoms. The van der Waals surface area contributed by atoms with E-state index < -0.39 is 11.7 Å². The number of amides is 1. The molecule has 0 radical (unpaired) electrons. The standard InChI is InChI=1S/C12H17FN4O3/c1-20-7-6-17(5-3-11(14)16-19)12(18)9-2-4-15-8-10(9)13/h2,4,8,19H,3,5-7H2,1H3,(H2,14,16). The predicted octanol–water partition coefficient (Wildman–Crippen LogP) is 0.446. The Morgan fingerprint density at radius 1 is 1.60 bits per heavy atom. The summed E-state index contributed by atoms with van der Waals surface area (Å²) in [5.41, 5.74) is 5.29. The van der Waals surface area contributed by atoms with E-state index >= 15 is 0 Å². The summed E-state index contributed by atoms with van der Waals surface area (Å²) in [5.74, 6) is -1.19. The van der Waals surface area contributed by atoms with Gasteiger partial charge >= 0.3 is 0 Å². The Kier molecular flexibility index (Phi) is 6.38. The van der Waals surface area contributed by atoms with E-state index in [9.17, 15) is 9.18 Å². The van der Waals surface area contributed by atoms with Gasteiger partial charge in [0.2, 0.25) is 0 Å². The van der Waals surface area contributed by atoms with Crippen molar-refractivity contribution in [3.05, 3.63) is 29.8 Å². The van der Waals surface area contributed by atoms with Crippen LogP contribution in [0.3, 0.4) is 0 Å². The van der Waals surface area contributed by atoms with Gasteiger partial charge in [-0.05, 0) is 6.07 Å². The van der Waals surface area contributed by atoms with Crippen molar-refractivity contribution in [2.45, 2.75) is 6.42 Å². The molecule has 0 aliphatic carbocycles. The normalized spacial score (nSPS) is 11.4. The Labute approximate surface area is 115 Å². The number of pyridine rings is 1. The van der Waals surface area contributed by atoms with E-state index in [1.165, 1.54) is 24.3 Å². The number of hydrogen-bond acceptors (Lipinski definition) is 5. The van der Waals surface area contributed by atoms with Crippen LogP contribution in [0.15, 0.2) is 23.6 Å². The van der Waals surface area contributed by atoms with Gasteiger partial charge in [-0.3, -0.25) is 9.78 Å². The van der Waals surface area contributed by atoms with Gasteiger partial charge in [-0.1, -0.05) is 5.16 Å². The third-order valence-electron chi connectivity index (χ3n) is 2.62. The third kappa shape index (κ3) is 4.47. The summed E-state index contributed by atoms with van der Waals surface area (Å²) in [6, 6.07) is 1.31. The highest BCUT2D eigenvalue weighted by atomic mass is 19.1. The second-order valence-electron chi connectivity index (χ2n) is 3.98. The fourth-order valence-corrected chi connectivity index (χ4v) is 1.53. The van der Waals surface area contributed by atoms with Gasteiger partial charge in [0.15, 0.2) is 5.82 Å². The molecule has 0 aliphatic rings. The van der Waals surface area contributed by atoms with Crippen LogP contribution in [0.25, 0.3) is 0 Å². The monoisotopic (exact) mass is 284 g/mol. The zero-order valence-electron chi connectivity index (χ0n) is 11.1. The van der Waals surface area contributed by atoms with E-state index in [0.29, 0.717) is 6.61 Å². The lowest BCUT2D eigenvalue weighted by molar-refractivity contribution is 0.0696. The molecule has 0 saturated carbocycles. The van der Waals surface area contributed by atoms with Crippen molar-refractivity contribution in [3.63, 3.8) is 0 Å². The van der Waals surface area contributed by atoms with E-state index in [1.807, 2.05) is 0 Å². The minimum Gasteiger partial charge on any atom is -0.409 e. The highest BCUT2D eigenvalue weighted by molar-refractivity contribution is 5.94. The molecule has 1 amide bonds. The summed E-state index contributed by atoms with van der Waals surface area (Å²) in [6.07, 6.45) is 2.50. The van der Waals surface area contributed by atoms with Crippen molar-refractivity contribution in [3.8, 4) is 0 Å². The molecule has 0 aromatic carbocycles. The first-order valence-electron chi connectivity index (χ1n) is 5.94. The Bertz CT molecular complexity index is 482. The Morgan fingerprint density at radius 3 is 2.95 bits per heavy atom. The average molecular weight is 284 g/mol. The van der Waals surface area contributed by atoms with Crippen LogP contribution in [0.4, 0.5) is 4.39 Å². The van der Waals surface area contributed by atoms with Crippen molar-refractivity contribution in [1.82, 2.24) is 9.88 Å². The van der Waals surface area contributed by atoms with Gasteiger partial charge in [0.1, 0.15) is 5.84 Å². The van der Waals surface area contributed by atoms with Gasteiger partial charge < -0.3 is 20.6 Å². The highest BCUT2D eigenvalue weighted by Crippen LogP contribution is 2.09. The minimum atomic E-state index is -0.691. The van der Waals surface area contributed by atoms with Gasteiger partial charge in [0, 0.05) is 32.8 Å². The van der Waals surface area contributed by atoms with Crippen LogP contribution < -0.4 is 5.73 Å². The second kappa shape index (κ2) is 8.05. The zero-order valence-corrected chi connectivity index (χ0v) is 11.1. The molecule has 0 unspecified atom stereocenters. The molecular weight excluding hydrogens is 267 g/mol. The van der Waals surface area contributed by atoms with Crippen LogP contribution in [0.2, 0.25) is 0 Å². The van der Waals surface area contributed by atoms with E-state index in [0.717, 1.165) is 6.20 Å². The van der Waals surface area contributed by atoms with Crippen molar-refractivity contribution in [1.29, 1.82) is 0 Å². The molecule has 110 valence electrons. The van der Waals surface area contributed by atoms with Crippen LogP contribution in [-0.2, 0) is 4.74 Å². The summed E-state index contributed by atoms with van der Waals surface area (Å²) in [6.45, 7) is 0.768. The number of hydrogen-bond donors (Lipinski definition) is 2. The number of carbonyl (C=O) groups excluding carboxylic acids is 1. The van der Waals surface area contributed by atoms with Crippen LogP contribution in [-0.4, -0.2) is 53.6 Å². The molecule has 0 fully saturated rings. The maximum atomic E-state index is 13.6. The predicted molar refractivity (Wildman–Crippen MR) is 70.0 cm³/mol. The lowest BCUT2D eigenvalue weighted by atomic mass is 10.2. The van der Waals surface area contributed by atoms with Gasteiger partial charge in [0.25, 0.3) is 5.91 Å². The summed E-state index contributed by atoms with van der Waals surface area (Å²) in [4.78, 5) is 17.2. The molecule has 1 rings (SSSR count). The van der Waals surface area contributed by atoms with Gasteiger partial charge in [0.05, 0.1) is 18.4 Å². The molecule has 20 heavy (non-hydrogen) atoms. The average Bonchev–Trinajstić information content (AvgIpc) is 2.47. The maximum absolute atomic E-state index is 13.6. The molecule has 1 heterocycles. The number of ether oxygens (including phenoxy) is 1. The van der Waals surface area contributed by atoms with Crippen LogP contribution in [0.5, 0.6) is 0 Å². The highest BCUT2D eigenvalue weighted by Gasteiger charge is 2.19. The first-order valence-corrected chi connectivity index (χ1v) is 5.94. The number of methoxy groups -OCH3 is 1. The Morgan fingerprint density at radius 2 is 2.35 bits per heavy atom. The van der Waals surface area contributed by atoms with Crippen molar-refractivity contribution < 1.29 is 19.1 Å². The number of rotatable bonds is 7. The lowest BCUT2D eigenvalue weighted by Gasteiger charge is -2.22. The summed E-state index contributed by atoms with van der Waals surface area (Å²) in [5, 5.41) is 11.3. The van der Waals surface area contributed by atoms with E-state index in [1.54, 1.807) is 0 Å². The van der Waals surface area contributed by atoms with Crippen molar-refractivity contribution in [2.24, 2.45) is 10.9 Å². The third-order valence-corrected chi connectivity index (χ3v) is 2.62. The summed E-state index contributed by atoms with van der Waals surface area (Å²) in [7, 11) is 1.50. The number of nitrogens with two attached hydrogens (primary N) is 1. The summed E-state index contributed by atoms with van der Waals surface area (Å²) >= 11 is 0. The Hall–Kier alpha value is -2.22. The largest absolute Gasteiger partial charge is 0.409 e. The number of aromatic nitrogens is 1. The molecular formula is C12H17FN4O3. The topological polar surface area (TPSA) is 101 Å². The fraction of sp³-hybridized carbons (Fsp3) is 0.417. The molecule has 0 spiro atoms. The molecule has 0 atom stereocenters. The van der Waals surface area contributed by atoms with Gasteiger partial charge in [-0.2, -0.15) is 0 Å². The molecule has 7 nitrogen and oxygen atoms in total. The number of nitrogens with zero attached hydrogens (tertiary/aromatic N) is 3. The minimum absolute atomic E-state index is 0.00424. The Balaban J connectivity index is 2.81. The molecule has 1 aromatic heterocycles. The quantitative estimate of drug-likeness (QED) is 0.327. The second-order valence-corrected chi connectivity index (χ2v) is 3.98. The number of amidine groups is 1. The van der Waals surface area contributed by atoms with Crippen molar-refractivity contribution in [2.75, 3.05) is 26.8 Å². The van der Waals surface area contributed by atoms with Gasteiger partial charge in [-0.25, -0.2) is 4.39 Å². The first-order chi connectivity index (χ1) is 9.60. The number of halogens is 1. The fourth-order valence-electron chi connectivity index (χ4n) is 1.53. The lowest BCUT2D eigenvalue weighted by Crippen LogP contribution is -2.37. The summed E-state index contributed by atoms with van der Waals surface area (Å²) < 4.78 is 18.5. The van der Waals surface area contributed by atoms with Crippen LogP contribution >= 0.6 is 0 Å². The SMILES string of the molecule is COCCN(CCC(N)=NO)C(=O)c1ccncc1F. The first kappa shape index (κ1) is 15.8. The molecule has 0 bridgehead atoms. The molecule has 0 saturated heterocycles. The molecule has 1 aromatic rings. The van der Waals surface area contributed by atoms with Gasteiger partial charge in [-0.15, -0.1) is 0 Å². The molecule has 0 aliphatic heterocycles. The number of carbonyl (C=O) groups is 1. The maximum Gasteiger partial charge on any atom is 0.257 e. The van der Waals surface area contributed by atoms with E-state index in [-0.39, 0.29) is 30.9 Å². The van der Waals surface area contributed by atoms with Crippen LogP contribution in [0, 0.1) is 5.82 Å².